The zero-order valence-corrected chi connectivity index (χ0v) is 21.3. The molecule has 6 rings (SSSR count). The van der Waals surface area contributed by atoms with Gasteiger partial charge in [0, 0.05) is 18.3 Å². The quantitative estimate of drug-likeness (QED) is 0.565. The Balaban J connectivity index is 0.000000156. The molecule has 2 heterocycles. The largest absolute Gasteiger partial charge is 0.478 e. The number of ether oxygens (including phenoxy) is 3. The third-order valence-corrected chi connectivity index (χ3v) is 8.29. The Bertz CT molecular complexity index is 966. The predicted molar refractivity (Wildman–Crippen MR) is 131 cm³/mol. The van der Waals surface area contributed by atoms with E-state index >= 15 is 0 Å². The lowest BCUT2D eigenvalue weighted by Crippen LogP contribution is -2.27. The zero-order chi connectivity index (χ0) is 24.4. The van der Waals surface area contributed by atoms with E-state index in [0.29, 0.717) is 18.4 Å². The van der Waals surface area contributed by atoms with Gasteiger partial charge in [-0.3, -0.25) is 0 Å². The molecule has 0 aromatic carbocycles. The molecular formula is C27H40N4O4. The number of hydrogen-bond acceptors (Lipinski definition) is 6. The molecule has 0 aliphatic heterocycles. The van der Waals surface area contributed by atoms with E-state index in [1.54, 1.807) is 18.5 Å². The zero-order valence-electron chi connectivity index (χ0n) is 21.3. The summed E-state index contributed by atoms with van der Waals surface area (Å²) in [6, 6.07) is 3.60. The van der Waals surface area contributed by atoms with Gasteiger partial charge in [-0.1, -0.05) is 12.8 Å². The number of fused-ring (bicyclic) bond motifs is 4. The highest BCUT2D eigenvalue weighted by atomic mass is 16.6. The van der Waals surface area contributed by atoms with E-state index in [0.717, 1.165) is 42.1 Å². The first-order valence-corrected chi connectivity index (χ1v) is 13.4. The molecular weight excluding hydrogens is 444 g/mol. The van der Waals surface area contributed by atoms with Crippen molar-refractivity contribution in [2.75, 3.05) is 13.2 Å². The minimum Gasteiger partial charge on any atom is -0.478 e. The van der Waals surface area contributed by atoms with Gasteiger partial charge in [0.2, 0.25) is 11.8 Å². The summed E-state index contributed by atoms with van der Waals surface area (Å²) < 4.78 is 17.9. The van der Waals surface area contributed by atoms with Gasteiger partial charge in [-0.15, -0.1) is 5.10 Å². The molecule has 4 aliphatic rings. The maximum absolute atomic E-state index is 11.9. The monoisotopic (exact) mass is 484 g/mol. The predicted octanol–water partition coefficient (Wildman–Crippen LogP) is 5.71. The summed E-state index contributed by atoms with van der Waals surface area (Å²) in [6.45, 7) is 7.10. The van der Waals surface area contributed by atoms with Gasteiger partial charge in [-0.2, -0.15) is 9.78 Å². The molecule has 8 nitrogen and oxygen atoms in total. The van der Waals surface area contributed by atoms with E-state index in [-0.39, 0.29) is 0 Å². The lowest BCUT2D eigenvalue weighted by Gasteiger charge is -2.21. The van der Waals surface area contributed by atoms with Crippen LogP contribution in [0.25, 0.3) is 0 Å². The van der Waals surface area contributed by atoms with Gasteiger partial charge in [0.1, 0.15) is 5.60 Å². The Labute approximate surface area is 208 Å². The van der Waals surface area contributed by atoms with Crippen LogP contribution in [-0.4, -0.2) is 44.9 Å². The normalized spacial score (nSPS) is 30.7. The summed E-state index contributed by atoms with van der Waals surface area (Å²) in [4.78, 5) is 11.9. The molecule has 192 valence electrons. The second kappa shape index (κ2) is 10.2. The van der Waals surface area contributed by atoms with Crippen LogP contribution in [-0.2, 0) is 4.74 Å². The molecule has 2 unspecified atom stereocenters. The molecule has 1 N–H and O–H groups in total. The summed E-state index contributed by atoms with van der Waals surface area (Å²) >= 11 is 0. The average Bonchev–Trinajstić information content (AvgIpc) is 3.66. The molecule has 4 aliphatic carbocycles. The fourth-order valence-corrected chi connectivity index (χ4v) is 6.67. The molecule has 35 heavy (non-hydrogen) atoms. The Morgan fingerprint density at radius 2 is 1.63 bits per heavy atom. The van der Waals surface area contributed by atoms with Crippen LogP contribution in [0.5, 0.6) is 11.8 Å². The van der Waals surface area contributed by atoms with E-state index in [1.165, 1.54) is 56.0 Å². The van der Waals surface area contributed by atoms with Crippen molar-refractivity contribution in [2.24, 2.45) is 35.5 Å². The number of rotatable bonds is 6. The third-order valence-electron chi connectivity index (χ3n) is 8.29. The van der Waals surface area contributed by atoms with Gasteiger partial charge in [0.15, 0.2) is 0 Å². The second-order valence-electron chi connectivity index (χ2n) is 12.0. The van der Waals surface area contributed by atoms with Crippen molar-refractivity contribution in [1.29, 1.82) is 0 Å². The van der Waals surface area contributed by atoms with Gasteiger partial charge >= 0.3 is 6.09 Å². The number of aromatic nitrogens is 4. The first-order valence-electron chi connectivity index (χ1n) is 13.4. The Morgan fingerprint density at radius 3 is 2.14 bits per heavy atom. The van der Waals surface area contributed by atoms with Crippen LogP contribution < -0.4 is 9.47 Å². The fraction of sp³-hybridized carbons (Fsp3) is 0.741. The van der Waals surface area contributed by atoms with Gasteiger partial charge < -0.3 is 14.2 Å². The Hall–Kier alpha value is -2.51. The number of aromatic amines is 1. The van der Waals surface area contributed by atoms with Crippen LogP contribution in [0.15, 0.2) is 24.5 Å². The van der Waals surface area contributed by atoms with E-state index in [2.05, 4.69) is 15.3 Å². The van der Waals surface area contributed by atoms with Crippen LogP contribution in [0.4, 0.5) is 4.79 Å². The highest BCUT2D eigenvalue weighted by molar-refractivity contribution is 5.69. The standard InChI is InChI=1S/C16H24N2O3.C11H16N2O/c1-16(2,3)21-15(19)18-7-6-14(17-18)20-10-13-9-11-4-5-12(13)8-11;1-2-9-5-8(1)6-10(9)7-14-11-3-4-12-13-11/h6-7,11-13H,4-5,8-10H2,1-3H3;3-4,8-10H,1-2,5-7H2,(H,12,13)/t11-,12+,13?;8-,9+,10?/m00/s1. The molecule has 0 spiro atoms. The van der Waals surface area contributed by atoms with E-state index in [9.17, 15) is 4.79 Å². The SMILES string of the molecule is CC(C)(C)OC(=O)n1ccc(OCC2C[C@H]3CC[C@@H]2C3)n1.c1cc(OCC2C[C@H]3CC[C@@H]2C3)[nH]n1. The topological polar surface area (TPSA) is 91.3 Å². The van der Waals surface area contributed by atoms with Crippen molar-refractivity contribution in [3.8, 4) is 11.8 Å². The van der Waals surface area contributed by atoms with Crippen molar-refractivity contribution in [3.63, 3.8) is 0 Å². The number of nitrogens with zero attached hydrogens (tertiary/aromatic N) is 3. The molecule has 6 atom stereocenters. The molecule has 2 aromatic rings. The first-order chi connectivity index (χ1) is 16.8. The molecule has 4 bridgehead atoms. The van der Waals surface area contributed by atoms with Crippen molar-refractivity contribution in [3.05, 3.63) is 24.5 Å². The van der Waals surface area contributed by atoms with Gasteiger partial charge in [0.05, 0.1) is 19.4 Å². The van der Waals surface area contributed by atoms with E-state index in [1.807, 2.05) is 26.8 Å². The van der Waals surface area contributed by atoms with Crippen molar-refractivity contribution in [2.45, 2.75) is 77.7 Å². The van der Waals surface area contributed by atoms with Crippen LogP contribution in [0.2, 0.25) is 0 Å². The summed E-state index contributed by atoms with van der Waals surface area (Å²) in [5, 5.41) is 10.8. The molecule has 4 fully saturated rings. The minimum atomic E-state index is -0.521. The van der Waals surface area contributed by atoms with Gasteiger partial charge in [0.25, 0.3) is 0 Å². The van der Waals surface area contributed by atoms with Gasteiger partial charge in [-0.25, -0.2) is 9.89 Å². The average molecular weight is 485 g/mol. The number of hydrogen-bond donors (Lipinski definition) is 1. The maximum atomic E-state index is 11.9. The minimum absolute atomic E-state index is 0.475. The molecule has 2 aromatic heterocycles. The maximum Gasteiger partial charge on any atom is 0.435 e. The molecule has 0 amide bonds. The molecule has 0 radical (unpaired) electrons. The first kappa shape index (κ1) is 24.2. The summed E-state index contributed by atoms with van der Waals surface area (Å²) in [6.07, 6.45) is 14.0. The smallest absolute Gasteiger partial charge is 0.435 e. The van der Waals surface area contributed by atoms with Crippen LogP contribution in [0.3, 0.4) is 0 Å². The van der Waals surface area contributed by atoms with Crippen molar-refractivity contribution >= 4 is 6.09 Å². The number of carbonyl (C=O) groups is 1. The lowest BCUT2D eigenvalue weighted by molar-refractivity contribution is 0.0511. The number of H-pyrrole nitrogens is 1. The fourth-order valence-electron chi connectivity index (χ4n) is 6.67. The molecule has 8 heteroatoms. The Kier molecular flexibility index (Phi) is 7.07. The molecule has 0 saturated heterocycles. The highest BCUT2D eigenvalue weighted by Gasteiger charge is 2.40. The van der Waals surface area contributed by atoms with Crippen LogP contribution in [0, 0.1) is 35.5 Å². The third kappa shape index (κ3) is 6.19. The number of nitrogens with one attached hydrogen (secondary N) is 1. The van der Waals surface area contributed by atoms with Crippen molar-refractivity contribution < 1.29 is 19.0 Å². The molecule has 4 saturated carbocycles. The lowest BCUT2D eigenvalue weighted by atomic mass is 9.90. The van der Waals surface area contributed by atoms with Crippen LogP contribution >= 0.6 is 0 Å². The van der Waals surface area contributed by atoms with Crippen LogP contribution in [0.1, 0.15) is 72.1 Å². The Morgan fingerprint density at radius 1 is 0.971 bits per heavy atom. The van der Waals surface area contributed by atoms with E-state index < -0.39 is 11.7 Å². The highest BCUT2D eigenvalue weighted by Crippen LogP contribution is 2.49. The number of carbonyl (C=O) groups excluding carboxylic acids is 1. The second-order valence-corrected chi connectivity index (χ2v) is 12.0. The summed E-state index contributed by atoms with van der Waals surface area (Å²) in [5.74, 6) is 6.49. The summed E-state index contributed by atoms with van der Waals surface area (Å²) in [7, 11) is 0. The van der Waals surface area contributed by atoms with E-state index in [4.69, 9.17) is 14.2 Å². The van der Waals surface area contributed by atoms with Crippen molar-refractivity contribution in [1.82, 2.24) is 20.0 Å². The summed E-state index contributed by atoms with van der Waals surface area (Å²) in [5.41, 5.74) is -0.521. The van der Waals surface area contributed by atoms with Gasteiger partial charge in [-0.05, 0) is 94.8 Å².